The van der Waals surface area contributed by atoms with Crippen LogP contribution in [-0.2, 0) is 4.74 Å². The Labute approximate surface area is 217 Å². The molecule has 0 bridgehead atoms. The Kier molecular flexibility index (Phi) is 12.1. The van der Waals surface area contributed by atoms with Gasteiger partial charge in [0.2, 0.25) is 0 Å². The monoisotopic (exact) mass is 532 g/mol. The van der Waals surface area contributed by atoms with Crippen molar-refractivity contribution >= 4 is 35.8 Å². The van der Waals surface area contributed by atoms with E-state index in [4.69, 9.17) is 30.3 Å². The molecule has 0 radical (unpaired) electrons. The van der Waals surface area contributed by atoms with Crippen LogP contribution in [-0.4, -0.2) is 68.0 Å². The van der Waals surface area contributed by atoms with Crippen molar-refractivity contribution in [3.63, 3.8) is 0 Å². The van der Waals surface area contributed by atoms with E-state index in [1.54, 1.807) is 0 Å². The molecule has 0 aliphatic carbocycles. The Hall–Kier alpha value is -4.74. The number of hydrogen-bond donors (Lipinski definition) is 5. The van der Waals surface area contributed by atoms with Crippen molar-refractivity contribution in [2.24, 2.45) is 5.92 Å². The van der Waals surface area contributed by atoms with Crippen LogP contribution in [0, 0.1) is 5.92 Å². The molecular weight excluding hydrogens is 504 g/mol. The van der Waals surface area contributed by atoms with E-state index in [1.165, 1.54) is 12.1 Å². The van der Waals surface area contributed by atoms with E-state index in [0.29, 0.717) is 0 Å². The lowest BCUT2D eigenvalue weighted by atomic mass is 10.0. The predicted octanol–water partition coefficient (Wildman–Crippen LogP) is 4.24. The number of carboxylic acid groups (broad SMARTS) is 5. The summed E-state index contributed by atoms with van der Waals surface area (Å²) in [5.41, 5.74) is -1.93. The predicted molar refractivity (Wildman–Crippen MR) is 131 cm³/mol. The summed E-state index contributed by atoms with van der Waals surface area (Å²) < 4.78 is 5.22. The summed E-state index contributed by atoms with van der Waals surface area (Å²) in [6.07, 6.45) is 3.93. The molecule has 0 aromatic heterocycles. The quantitative estimate of drug-likeness (QED) is 0.243. The van der Waals surface area contributed by atoms with E-state index in [9.17, 15) is 28.8 Å². The molecule has 0 fully saturated rings. The highest BCUT2D eigenvalue weighted by Gasteiger charge is 2.21. The number of rotatable bonds is 12. The molecule has 2 rings (SSSR count). The van der Waals surface area contributed by atoms with Gasteiger partial charge in [-0.25, -0.2) is 28.8 Å². The topological polar surface area (TPSA) is 213 Å². The molecule has 12 heteroatoms. The summed E-state index contributed by atoms with van der Waals surface area (Å²) >= 11 is 0. The van der Waals surface area contributed by atoms with Crippen LogP contribution in [0.4, 0.5) is 0 Å². The van der Waals surface area contributed by atoms with E-state index >= 15 is 0 Å². The highest BCUT2D eigenvalue weighted by atomic mass is 16.5. The second-order valence-corrected chi connectivity index (χ2v) is 8.06. The Morgan fingerprint density at radius 3 is 1.50 bits per heavy atom. The van der Waals surface area contributed by atoms with Gasteiger partial charge in [0.1, 0.15) is 0 Å². The van der Waals surface area contributed by atoms with Crippen molar-refractivity contribution in [3.8, 4) is 0 Å². The second kappa shape index (κ2) is 14.7. The molecule has 204 valence electrons. The number of ether oxygens (including phenoxy) is 1. The Morgan fingerprint density at radius 2 is 1.11 bits per heavy atom. The normalized spacial score (nSPS) is 10.9. The van der Waals surface area contributed by atoms with Gasteiger partial charge in [0, 0.05) is 0 Å². The first-order chi connectivity index (χ1) is 17.8. The number of carboxylic acids is 5. The molecule has 0 amide bonds. The van der Waals surface area contributed by atoms with Crippen LogP contribution in [0.25, 0.3) is 0 Å². The third-order valence-electron chi connectivity index (χ3n) is 5.44. The Balaban J connectivity index is 0.000000415. The first-order valence-electron chi connectivity index (χ1n) is 11.5. The SMILES string of the molecule is CCCCC(CC)COC(=O)c1ccc(C(=O)O)cc1C(=O)O.O=C(O)c1ccc(C(=O)O)c(C(=O)O)c1. The fourth-order valence-electron chi connectivity index (χ4n) is 3.24. The zero-order valence-corrected chi connectivity index (χ0v) is 20.7. The van der Waals surface area contributed by atoms with Gasteiger partial charge in [0.05, 0.1) is 40.0 Å². The van der Waals surface area contributed by atoms with Crippen molar-refractivity contribution in [2.45, 2.75) is 39.5 Å². The lowest BCUT2D eigenvalue weighted by Gasteiger charge is -2.15. The average Bonchev–Trinajstić information content (AvgIpc) is 2.87. The smallest absolute Gasteiger partial charge is 0.339 e. The standard InChI is InChI=1S/C17H22O6.C9H6O6/c1-3-5-6-11(4-2)10-23-17(22)13-8-7-12(15(18)19)9-14(13)16(20)21;10-7(11)4-1-2-5(8(12)13)6(3-4)9(14)15/h7-9,11H,3-6,10H2,1-2H3,(H,18,19)(H,20,21);1-3H,(H,10,11)(H,12,13)(H,14,15). The number of hydrogen-bond acceptors (Lipinski definition) is 7. The summed E-state index contributed by atoms with van der Waals surface area (Å²) in [5.74, 6) is -7.31. The Bertz CT molecular complexity index is 1210. The molecule has 0 aliphatic heterocycles. The first-order valence-corrected chi connectivity index (χ1v) is 11.5. The number of unbranched alkanes of at least 4 members (excludes halogenated alkanes) is 1. The van der Waals surface area contributed by atoms with Crippen LogP contribution in [0.5, 0.6) is 0 Å². The first kappa shape index (κ1) is 31.3. The molecular formula is C26H28O12. The third-order valence-corrected chi connectivity index (χ3v) is 5.44. The minimum Gasteiger partial charge on any atom is -0.478 e. The molecule has 1 unspecified atom stereocenters. The summed E-state index contributed by atoms with van der Waals surface area (Å²) in [4.78, 5) is 66.0. The summed E-state index contributed by atoms with van der Waals surface area (Å²) in [5, 5.41) is 43.9. The van der Waals surface area contributed by atoms with E-state index in [0.717, 1.165) is 49.9 Å². The van der Waals surface area contributed by atoms with Gasteiger partial charge < -0.3 is 30.3 Å². The largest absolute Gasteiger partial charge is 0.478 e. The minimum atomic E-state index is -1.48. The highest BCUT2D eigenvalue weighted by molar-refractivity contribution is 6.05. The van der Waals surface area contributed by atoms with E-state index in [1.807, 2.05) is 6.92 Å². The fraction of sp³-hybridized carbons (Fsp3) is 0.308. The van der Waals surface area contributed by atoms with Crippen LogP contribution in [0.2, 0.25) is 0 Å². The van der Waals surface area contributed by atoms with Crippen LogP contribution in [0.3, 0.4) is 0 Å². The number of benzene rings is 2. The van der Waals surface area contributed by atoms with Gasteiger partial charge in [-0.05, 0) is 48.7 Å². The van der Waals surface area contributed by atoms with Crippen LogP contribution in [0.15, 0.2) is 36.4 Å². The van der Waals surface area contributed by atoms with Crippen molar-refractivity contribution in [1.82, 2.24) is 0 Å². The van der Waals surface area contributed by atoms with Gasteiger partial charge in [-0.1, -0.05) is 33.1 Å². The maximum atomic E-state index is 12.1. The molecule has 5 N–H and O–H groups in total. The van der Waals surface area contributed by atoms with Gasteiger partial charge in [0.15, 0.2) is 0 Å². The van der Waals surface area contributed by atoms with Gasteiger partial charge in [-0.15, -0.1) is 0 Å². The third kappa shape index (κ3) is 9.04. The maximum Gasteiger partial charge on any atom is 0.339 e. The van der Waals surface area contributed by atoms with Crippen molar-refractivity contribution in [1.29, 1.82) is 0 Å². The van der Waals surface area contributed by atoms with E-state index in [-0.39, 0.29) is 34.8 Å². The molecule has 0 heterocycles. The molecule has 2 aromatic carbocycles. The van der Waals surface area contributed by atoms with Crippen molar-refractivity contribution in [2.75, 3.05) is 6.61 Å². The highest BCUT2D eigenvalue weighted by Crippen LogP contribution is 2.17. The Morgan fingerprint density at radius 1 is 0.658 bits per heavy atom. The number of carbonyl (C=O) groups excluding carboxylic acids is 1. The number of aromatic carboxylic acids is 5. The van der Waals surface area contributed by atoms with Gasteiger partial charge in [-0.2, -0.15) is 0 Å². The molecule has 0 spiro atoms. The fourth-order valence-corrected chi connectivity index (χ4v) is 3.24. The molecule has 0 saturated heterocycles. The molecule has 1 atom stereocenters. The molecule has 12 nitrogen and oxygen atoms in total. The van der Waals surface area contributed by atoms with Crippen LogP contribution < -0.4 is 0 Å². The second-order valence-electron chi connectivity index (χ2n) is 8.06. The summed E-state index contributed by atoms with van der Waals surface area (Å²) in [6.45, 7) is 4.33. The molecule has 0 saturated carbocycles. The van der Waals surface area contributed by atoms with Crippen LogP contribution in [0.1, 0.15) is 102 Å². The van der Waals surface area contributed by atoms with Crippen molar-refractivity contribution in [3.05, 3.63) is 69.8 Å². The summed E-state index contributed by atoms with van der Waals surface area (Å²) in [6, 6.07) is 6.15. The zero-order chi connectivity index (χ0) is 29.0. The van der Waals surface area contributed by atoms with Gasteiger partial charge in [0.25, 0.3) is 0 Å². The maximum absolute atomic E-state index is 12.1. The van der Waals surface area contributed by atoms with Crippen molar-refractivity contribution < 1.29 is 59.0 Å². The lowest BCUT2D eigenvalue weighted by Crippen LogP contribution is -2.17. The van der Waals surface area contributed by atoms with E-state index < -0.39 is 46.9 Å². The number of esters is 1. The van der Waals surface area contributed by atoms with Gasteiger partial charge in [-0.3, -0.25) is 0 Å². The number of carbonyl (C=O) groups is 6. The zero-order valence-electron chi connectivity index (χ0n) is 20.7. The molecule has 2 aromatic rings. The average molecular weight is 532 g/mol. The minimum absolute atomic E-state index is 0.132. The molecule has 0 aliphatic rings. The van der Waals surface area contributed by atoms with Crippen LogP contribution >= 0.6 is 0 Å². The van der Waals surface area contributed by atoms with Gasteiger partial charge >= 0.3 is 35.8 Å². The molecule has 38 heavy (non-hydrogen) atoms. The lowest BCUT2D eigenvalue weighted by molar-refractivity contribution is 0.0419. The van der Waals surface area contributed by atoms with E-state index in [2.05, 4.69) is 6.92 Å². The summed E-state index contributed by atoms with van der Waals surface area (Å²) in [7, 11) is 0.